The van der Waals surface area contributed by atoms with E-state index >= 15 is 0 Å². The van der Waals surface area contributed by atoms with Crippen LogP contribution in [0.15, 0.2) is 18.2 Å². The number of anilines is 1. The van der Waals surface area contributed by atoms with Gasteiger partial charge in [-0.05, 0) is 38.0 Å². The second-order valence-corrected chi connectivity index (χ2v) is 5.96. The number of ether oxygens (including phenoxy) is 1. The average Bonchev–Trinajstić information content (AvgIpc) is 2.86. The minimum absolute atomic E-state index is 0.0153. The lowest BCUT2D eigenvalue weighted by Gasteiger charge is -2.21. The molecule has 5 nitrogen and oxygen atoms in total. The predicted octanol–water partition coefficient (Wildman–Crippen LogP) is 3.12. The summed E-state index contributed by atoms with van der Waals surface area (Å²) < 4.78 is 5.26. The number of imidazole rings is 1. The van der Waals surface area contributed by atoms with E-state index in [2.05, 4.69) is 15.3 Å². The fraction of sp³-hybridized carbons (Fsp3) is 0.375. The van der Waals surface area contributed by atoms with E-state index < -0.39 is 0 Å². The number of rotatable bonds is 3. The molecule has 0 fully saturated rings. The minimum Gasteiger partial charge on any atom is -0.495 e. The van der Waals surface area contributed by atoms with Crippen molar-refractivity contribution in [2.24, 2.45) is 5.92 Å². The molecule has 0 aliphatic heterocycles. The van der Waals surface area contributed by atoms with E-state index in [0.29, 0.717) is 22.9 Å². The SMILES string of the molecule is COc1ccc(Cl)cc1NC(=O)C1CCc2nc(C)[nH]c2C1. The Morgan fingerprint density at radius 3 is 3.09 bits per heavy atom. The topological polar surface area (TPSA) is 67.0 Å². The molecule has 0 spiro atoms. The first-order valence-electron chi connectivity index (χ1n) is 7.25. The molecule has 1 unspecified atom stereocenters. The molecule has 1 aliphatic carbocycles. The molecule has 0 saturated carbocycles. The monoisotopic (exact) mass is 319 g/mol. The molecule has 6 heteroatoms. The van der Waals surface area contributed by atoms with Crippen molar-refractivity contribution in [1.29, 1.82) is 0 Å². The van der Waals surface area contributed by atoms with Crippen LogP contribution in [-0.4, -0.2) is 23.0 Å². The molecule has 1 aromatic heterocycles. The van der Waals surface area contributed by atoms with Crippen LogP contribution in [0.3, 0.4) is 0 Å². The average molecular weight is 320 g/mol. The van der Waals surface area contributed by atoms with Gasteiger partial charge < -0.3 is 15.0 Å². The van der Waals surface area contributed by atoms with Gasteiger partial charge in [0.15, 0.2) is 0 Å². The first kappa shape index (κ1) is 14.9. The molecule has 1 atom stereocenters. The quantitative estimate of drug-likeness (QED) is 0.913. The van der Waals surface area contributed by atoms with Crippen molar-refractivity contribution < 1.29 is 9.53 Å². The number of aromatic amines is 1. The highest BCUT2D eigenvalue weighted by molar-refractivity contribution is 6.31. The molecule has 1 amide bonds. The molecule has 1 aromatic carbocycles. The van der Waals surface area contributed by atoms with E-state index in [9.17, 15) is 4.79 Å². The lowest BCUT2D eigenvalue weighted by atomic mass is 9.89. The summed E-state index contributed by atoms with van der Waals surface area (Å²) in [5.41, 5.74) is 2.76. The van der Waals surface area contributed by atoms with Crippen molar-refractivity contribution in [3.8, 4) is 5.75 Å². The van der Waals surface area contributed by atoms with Crippen LogP contribution in [0.2, 0.25) is 5.02 Å². The number of carbonyl (C=O) groups is 1. The highest BCUT2D eigenvalue weighted by atomic mass is 35.5. The molecule has 2 N–H and O–H groups in total. The summed E-state index contributed by atoms with van der Waals surface area (Å²) in [4.78, 5) is 20.2. The Labute approximate surface area is 134 Å². The number of aryl methyl sites for hydroxylation is 2. The molecule has 1 heterocycles. The van der Waals surface area contributed by atoms with Gasteiger partial charge in [0.2, 0.25) is 5.91 Å². The smallest absolute Gasteiger partial charge is 0.227 e. The van der Waals surface area contributed by atoms with Crippen LogP contribution in [0.5, 0.6) is 5.75 Å². The van der Waals surface area contributed by atoms with E-state index in [0.717, 1.165) is 30.1 Å². The molecule has 0 radical (unpaired) electrons. The highest BCUT2D eigenvalue weighted by Gasteiger charge is 2.27. The Morgan fingerprint density at radius 2 is 2.32 bits per heavy atom. The molecule has 22 heavy (non-hydrogen) atoms. The molecular weight excluding hydrogens is 302 g/mol. The first-order chi connectivity index (χ1) is 10.6. The molecule has 3 rings (SSSR count). The van der Waals surface area contributed by atoms with Crippen LogP contribution in [0.4, 0.5) is 5.69 Å². The number of H-pyrrole nitrogens is 1. The van der Waals surface area contributed by atoms with Crippen LogP contribution in [-0.2, 0) is 17.6 Å². The van der Waals surface area contributed by atoms with Gasteiger partial charge in [-0.1, -0.05) is 11.6 Å². The minimum atomic E-state index is -0.0731. The van der Waals surface area contributed by atoms with Gasteiger partial charge in [-0.3, -0.25) is 4.79 Å². The van der Waals surface area contributed by atoms with E-state index in [4.69, 9.17) is 16.3 Å². The Morgan fingerprint density at radius 1 is 1.50 bits per heavy atom. The van der Waals surface area contributed by atoms with Gasteiger partial charge in [0, 0.05) is 23.1 Å². The first-order valence-corrected chi connectivity index (χ1v) is 7.63. The van der Waals surface area contributed by atoms with E-state index in [1.165, 1.54) is 0 Å². The van der Waals surface area contributed by atoms with Crippen molar-refractivity contribution in [3.05, 3.63) is 40.4 Å². The van der Waals surface area contributed by atoms with E-state index in [1.807, 2.05) is 6.92 Å². The zero-order valence-electron chi connectivity index (χ0n) is 12.6. The number of amides is 1. The molecule has 2 aromatic rings. The van der Waals surface area contributed by atoms with Crippen LogP contribution in [0, 0.1) is 12.8 Å². The Bertz CT molecular complexity index is 711. The van der Waals surface area contributed by atoms with Gasteiger partial charge in [0.1, 0.15) is 11.6 Å². The molecular formula is C16H18ClN3O2. The predicted molar refractivity (Wildman–Crippen MR) is 85.5 cm³/mol. The third-order valence-corrected chi connectivity index (χ3v) is 4.19. The maximum Gasteiger partial charge on any atom is 0.227 e. The number of nitrogens with zero attached hydrogens (tertiary/aromatic N) is 1. The number of hydrogen-bond acceptors (Lipinski definition) is 3. The van der Waals surface area contributed by atoms with Gasteiger partial charge in [-0.25, -0.2) is 4.98 Å². The van der Waals surface area contributed by atoms with E-state index in [-0.39, 0.29) is 11.8 Å². The van der Waals surface area contributed by atoms with E-state index in [1.54, 1.807) is 25.3 Å². The molecule has 0 saturated heterocycles. The van der Waals surface area contributed by atoms with Crippen LogP contribution in [0.1, 0.15) is 23.6 Å². The number of aromatic nitrogens is 2. The molecule has 1 aliphatic rings. The fourth-order valence-electron chi connectivity index (χ4n) is 2.86. The summed E-state index contributed by atoms with van der Waals surface area (Å²) in [5.74, 6) is 1.42. The van der Waals surface area contributed by atoms with Crippen LogP contribution < -0.4 is 10.1 Å². The third kappa shape index (κ3) is 2.95. The zero-order valence-corrected chi connectivity index (χ0v) is 13.3. The van der Waals surface area contributed by atoms with Crippen molar-refractivity contribution >= 4 is 23.2 Å². The number of methoxy groups -OCH3 is 1. The van der Waals surface area contributed by atoms with Gasteiger partial charge in [0.05, 0.1) is 18.5 Å². The number of halogens is 1. The van der Waals surface area contributed by atoms with Crippen molar-refractivity contribution in [3.63, 3.8) is 0 Å². The maximum atomic E-state index is 12.5. The lowest BCUT2D eigenvalue weighted by molar-refractivity contribution is -0.120. The number of benzene rings is 1. The third-order valence-electron chi connectivity index (χ3n) is 3.95. The van der Waals surface area contributed by atoms with Gasteiger partial charge in [0.25, 0.3) is 0 Å². The van der Waals surface area contributed by atoms with Crippen molar-refractivity contribution in [2.45, 2.75) is 26.2 Å². The second kappa shape index (κ2) is 6.01. The largest absolute Gasteiger partial charge is 0.495 e. The number of nitrogens with one attached hydrogen (secondary N) is 2. The Hall–Kier alpha value is -2.01. The fourth-order valence-corrected chi connectivity index (χ4v) is 3.03. The summed E-state index contributed by atoms with van der Waals surface area (Å²) in [6, 6.07) is 5.18. The summed E-state index contributed by atoms with van der Waals surface area (Å²) in [6.45, 7) is 1.93. The van der Waals surface area contributed by atoms with Crippen molar-refractivity contribution in [2.75, 3.05) is 12.4 Å². The number of hydrogen-bond donors (Lipinski definition) is 2. The zero-order chi connectivity index (χ0) is 15.7. The summed E-state index contributed by atoms with van der Waals surface area (Å²) in [5, 5.41) is 3.49. The summed E-state index contributed by atoms with van der Waals surface area (Å²) >= 11 is 5.99. The highest BCUT2D eigenvalue weighted by Crippen LogP contribution is 2.30. The van der Waals surface area contributed by atoms with Crippen LogP contribution in [0.25, 0.3) is 0 Å². The van der Waals surface area contributed by atoms with Crippen LogP contribution >= 0.6 is 11.6 Å². The summed E-state index contributed by atoms with van der Waals surface area (Å²) in [7, 11) is 1.57. The number of fused-ring (bicyclic) bond motifs is 1. The van der Waals surface area contributed by atoms with Gasteiger partial charge >= 0.3 is 0 Å². The van der Waals surface area contributed by atoms with Gasteiger partial charge in [-0.2, -0.15) is 0 Å². The lowest BCUT2D eigenvalue weighted by Crippen LogP contribution is -2.28. The normalized spacial score (nSPS) is 17.0. The molecule has 116 valence electrons. The maximum absolute atomic E-state index is 12.5. The second-order valence-electron chi connectivity index (χ2n) is 5.52. The molecule has 0 bridgehead atoms. The Kier molecular flexibility index (Phi) is 4.07. The van der Waals surface area contributed by atoms with Crippen molar-refractivity contribution in [1.82, 2.24) is 9.97 Å². The Balaban J connectivity index is 1.74. The van der Waals surface area contributed by atoms with Gasteiger partial charge in [-0.15, -0.1) is 0 Å². The standard InChI is InChI=1S/C16H18ClN3O2/c1-9-18-12-5-3-10(7-13(12)19-9)16(21)20-14-8-11(17)4-6-15(14)22-2/h4,6,8,10H,3,5,7H2,1-2H3,(H,18,19)(H,20,21). The number of carbonyl (C=O) groups excluding carboxylic acids is 1. The summed E-state index contributed by atoms with van der Waals surface area (Å²) in [6.07, 6.45) is 2.31.